The van der Waals surface area contributed by atoms with Crippen LogP contribution in [-0.2, 0) is 0 Å². The second kappa shape index (κ2) is 4.40. The van der Waals surface area contributed by atoms with Crippen LogP contribution in [0.1, 0.15) is 24.3 Å². The lowest BCUT2D eigenvalue weighted by Gasteiger charge is -2.06. The molecule has 0 aromatic heterocycles. The molecule has 0 amide bonds. The minimum atomic E-state index is 0.140. The van der Waals surface area contributed by atoms with Crippen molar-refractivity contribution in [2.75, 3.05) is 0 Å². The fraction of sp³-hybridized carbons (Fsp3) is 0.300. The van der Waals surface area contributed by atoms with Gasteiger partial charge in [-0.3, -0.25) is 0 Å². The van der Waals surface area contributed by atoms with Crippen LogP contribution in [0.2, 0.25) is 0 Å². The van der Waals surface area contributed by atoms with Gasteiger partial charge in [0.1, 0.15) is 0 Å². The van der Waals surface area contributed by atoms with E-state index in [2.05, 4.69) is 18.6 Å². The summed E-state index contributed by atoms with van der Waals surface area (Å²) < 4.78 is 0. The third-order valence-corrected chi connectivity index (χ3v) is 2.03. The monoisotopic (exact) mass is 167 g/mol. The van der Waals surface area contributed by atoms with Crippen LogP contribution in [0.5, 0.6) is 0 Å². The number of benzene rings is 1. The van der Waals surface area contributed by atoms with Crippen LogP contribution in [0.4, 0.5) is 0 Å². The molecular formula is C10H12Cl. The van der Waals surface area contributed by atoms with Gasteiger partial charge in [0, 0.05) is 0 Å². The van der Waals surface area contributed by atoms with Gasteiger partial charge in [-0.2, -0.15) is 0 Å². The number of hydrogen-bond acceptors (Lipinski definition) is 0. The van der Waals surface area contributed by atoms with E-state index in [4.69, 9.17) is 11.6 Å². The molecule has 0 bridgehead atoms. The molecule has 1 unspecified atom stereocenters. The first-order chi connectivity index (χ1) is 5.34. The Morgan fingerprint density at radius 3 is 2.55 bits per heavy atom. The molecule has 0 fully saturated rings. The van der Waals surface area contributed by atoms with Crippen molar-refractivity contribution in [1.82, 2.24) is 0 Å². The number of hydrogen-bond donors (Lipinski definition) is 0. The maximum atomic E-state index is 6.08. The van der Waals surface area contributed by atoms with Crippen LogP contribution in [0.3, 0.4) is 0 Å². The molecule has 0 saturated carbocycles. The Hall–Kier alpha value is -0.490. The second-order valence-corrected chi connectivity index (χ2v) is 3.05. The first-order valence-electron chi connectivity index (χ1n) is 3.81. The maximum Gasteiger partial charge on any atom is 0.0587 e. The van der Waals surface area contributed by atoms with Crippen molar-refractivity contribution in [3.8, 4) is 0 Å². The largest absolute Gasteiger partial charge is 0.118 e. The van der Waals surface area contributed by atoms with Gasteiger partial charge in [0.25, 0.3) is 0 Å². The molecule has 0 nitrogen and oxygen atoms in total. The molecule has 0 aliphatic heterocycles. The van der Waals surface area contributed by atoms with Crippen molar-refractivity contribution >= 4 is 11.6 Å². The molecule has 0 heterocycles. The highest BCUT2D eigenvalue weighted by atomic mass is 35.5. The summed E-state index contributed by atoms with van der Waals surface area (Å²) in [5.74, 6) is 0. The quantitative estimate of drug-likeness (QED) is 0.604. The van der Waals surface area contributed by atoms with Gasteiger partial charge in [0.2, 0.25) is 0 Å². The van der Waals surface area contributed by atoms with Crippen molar-refractivity contribution < 1.29 is 0 Å². The van der Waals surface area contributed by atoms with Crippen molar-refractivity contribution in [2.24, 2.45) is 0 Å². The molecule has 1 atom stereocenters. The van der Waals surface area contributed by atoms with Crippen LogP contribution < -0.4 is 0 Å². The lowest BCUT2D eigenvalue weighted by atomic mass is 10.1. The highest BCUT2D eigenvalue weighted by molar-refractivity contribution is 6.20. The van der Waals surface area contributed by atoms with Crippen molar-refractivity contribution in [3.05, 3.63) is 42.3 Å². The SMILES string of the molecule is C[CH]CC(Cl)c1ccccc1. The molecule has 59 valence electrons. The van der Waals surface area contributed by atoms with Crippen LogP contribution in [-0.4, -0.2) is 0 Å². The summed E-state index contributed by atoms with van der Waals surface area (Å²) in [6.45, 7) is 2.03. The van der Waals surface area contributed by atoms with Gasteiger partial charge in [-0.15, -0.1) is 11.6 Å². The second-order valence-electron chi connectivity index (χ2n) is 2.52. The van der Waals surface area contributed by atoms with Crippen LogP contribution >= 0.6 is 11.6 Å². The summed E-state index contributed by atoms with van der Waals surface area (Å²) in [5.41, 5.74) is 1.20. The van der Waals surface area contributed by atoms with Crippen LogP contribution in [0.25, 0.3) is 0 Å². The normalized spacial score (nSPS) is 12.9. The Morgan fingerprint density at radius 1 is 1.36 bits per heavy atom. The van der Waals surface area contributed by atoms with Gasteiger partial charge in [-0.25, -0.2) is 0 Å². The minimum absolute atomic E-state index is 0.140. The first kappa shape index (κ1) is 8.61. The average Bonchev–Trinajstić information content (AvgIpc) is 2.07. The molecule has 11 heavy (non-hydrogen) atoms. The van der Waals surface area contributed by atoms with E-state index in [1.807, 2.05) is 25.1 Å². The number of rotatable bonds is 3. The van der Waals surface area contributed by atoms with E-state index >= 15 is 0 Å². The highest BCUT2D eigenvalue weighted by Gasteiger charge is 2.03. The summed E-state index contributed by atoms with van der Waals surface area (Å²) in [6.07, 6.45) is 3.02. The van der Waals surface area contributed by atoms with E-state index in [-0.39, 0.29) is 5.38 Å². The predicted molar refractivity (Wildman–Crippen MR) is 49.6 cm³/mol. The summed E-state index contributed by atoms with van der Waals surface area (Å²) >= 11 is 6.08. The summed E-state index contributed by atoms with van der Waals surface area (Å²) in [4.78, 5) is 0. The van der Waals surface area contributed by atoms with E-state index in [0.29, 0.717) is 0 Å². The molecule has 1 radical (unpaired) electrons. The lowest BCUT2D eigenvalue weighted by molar-refractivity contribution is 0.899. The molecule has 1 aromatic carbocycles. The Kier molecular flexibility index (Phi) is 3.44. The van der Waals surface area contributed by atoms with E-state index in [0.717, 1.165) is 6.42 Å². The maximum absolute atomic E-state index is 6.08. The number of halogens is 1. The standard InChI is InChI=1S/C10H12Cl/c1-2-6-10(11)9-7-4-3-5-8-9/h2-5,7-8,10H,6H2,1H3. The fourth-order valence-electron chi connectivity index (χ4n) is 1.00. The zero-order valence-corrected chi connectivity index (χ0v) is 7.38. The third kappa shape index (κ3) is 2.55. The predicted octanol–water partition coefficient (Wildman–Crippen LogP) is 3.58. The first-order valence-corrected chi connectivity index (χ1v) is 4.25. The van der Waals surface area contributed by atoms with Gasteiger partial charge in [0.15, 0.2) is 0 Å². The van der Waals surface area contributed by atoms with E-state index in [1.165, 1.54) is 5.56 Å². The fourth-order valence-corrected chi connectivity index (χ4v) is 1.33. The van der Waals surface area contributed by atoms with Gasteiger partial charge in [0.05, 0.1) is 5.38 Å². The molecule has 0 aliphatic carbocycles. The molecule has 0 N–H and O–H groups in total. The van der Waals surface area contributed by atoms with Gasteiger partial charge in [-0.05, 0) is 18.4 Å². The zero-order chi connectivity index (χ0) is 8.10. The minimum Gasteiger partial charge on any atom is -0.118 e. The molecule has 1 rings (SSSR count). The smallest absolute Gasteiger partial charge is 0.0587 e. The Morgan fingerprint density at radius 2 is 2.00 bits per heavy atom. The van der Waals surface area contributed by atoms with E-state index in [9.17, 15) is 0 Å². The Labute approximate surface area is 73.2 Å². The topological polar surface area (TPSA) is 0 Å². The molecule has 1 aromatic rings. The molecule has 0 spiro atoms. The van der Waals surface area contributed by atoms with Crippen LogP contribution in [0.15, 0.2) is 30.3 Å². The summed E-state index contributed by atoms with van der Waals surface area (Å²) in [7, 11) is 0. The van der Waals surface area contributed by atoms with Crippen LogP contribution in [0, 0.1) is 6.42 Å². The van der Waals surface area contributed by atoms with Crippen molar-refractivity contribution in [3.63, 3.8) is 0 Å². The Bertz CT molecular complexity index is 193. The molecule has 0 aliphatic rings. The number of alkyl halides is 1. The highest BCUT2D eigenvalue weighted by Crippen LogP contribution is 2.24. The third-order valence-electron chi connectivity index (χ3n) is 1.60. The summed E-state index contributed by atoms with van der Waals surface area (Å²) in [6, 6.07) is 10.1. The Balaban J connectivity index is 2.61. The molecular weight excluding hydrogens is 156 g/mol. The van der Waals surface area contributed by atoms with E-state index < -0.39 is 0 Å². The summed E-state index contributed by atoms with van der Waals surface area (Å²) in [5, 5.41) is 0.140. The molecule has 1 heteroatoms. The van der Waals surface area contributed by atoms with E-state index in [1.54, 1.807) is 0 Å². The van der Waals surface area contributed by atoms with Gasteiger partial charge >= 0.3 is 0 Å². The van der Waals surface area contributed by atoms with Gasteiger partial charge in [-0.1, -0.05) is 37.3 Å². The van der Waals surface area contributed by atoms with Crippen molar-refractivity contribution in [1.29, 1.82) is 0 Å². The van der Waals surface area contributed by atoms with Crippen molar-refractivity contribution in [2.45, 2.75) is 18.7 Å². The zero-order valence-electron chi connectivity index (χ0n) is 6.63. The average molecular weight is 168 g/mol. The van der Waals surface area contributed by atoms with Gasteiger partial charge < -0.3 is 0 Å². The molecule has 0 saturated heterocycles. The lowest BCUT2D eigenvalue weighted by Crippen LogP contribution is -1.88.